The lowest BCUT2D eigenvalue weighted by Gasteiger charge is -2.09. The van der Waals surface area contributed by atoms with Crippen molar-refractivity contribution in [2.24, 2.45) is 0 Å². The first kappa shape index (κ1) is 18.6. The minimum absolute atomic E-state index is 0.00238. The van der Waals surface area contributed by atoms with Gasteiger partial charge in [-0.1, -0.05) is 26.0 Å². The number of hydrogen-bond donors (Lipinski definition) is 1. The molecule has 6 heteroatoms. The quantitative estimate of drug-likeness (QED) is 0.666. The van der Waals surface area contributed by atoms with Gasteiger partial charge in [-0.3, -0.25) is 14.5 Å². The molecule has 0 fully saturated rings. The van der Waals surface area contributed by atoms with E-state index in [9.17, 15) is 4.79 Å². The fraction of sp³-hybridized carbons (Fsp3) is 0.286. The van der Waals surface area contributed by atoms with Crippen LogP contribution in [0.1, 0.15) is 25.3 Å². The highest BCUT2D eigenvalue weighted by Crippen LogP contribution is 2.18. The Balaban J connectivity index is 1.40. The average Bonchev–Trinajstić information content (AvgIpc) is 3.16. The maximum absolute atomic E-state index is 11.9. The smallest absolute Gasteiger partial charge is 0.258 e. The van der Waals surface area contributed by atoms with Gasteiger partial charge in [-0.15, -0.1) is 0 Å². The fourth-order valence-corrected chi connectivity index (χ4v) is 2.62. The number of benzene rings is 1. The molecule has 3 rings (SSSR count). The van der Waals surface area contributed by atoms with Crippen LogP contribution in [0, 0.1) is 0 Å². The second-order valence-corrected chi connectivity index (χ2v) is 6.56. The predicted octanol–water partition coefficient (Wildman–Crippen LogP) is 3.26. The molecule has 1 aromatic carbocycles. The Morgan fingerprint density at radius 2 is 1.85 bits per heavy atom. The Kier molecular flexibility index (Phi) is 6.20. The van der Waals surface area contributed by atoms with Crippen molar-refractivity contribution in [1.82, 2.24) is 20.1 Å². The molecule has 0 saturated heterocycles. The van der Waals surface area contributed by atoms with E-state index in [1.54, 1.807) is 12.4 Å². The van der Waals surface area contributed by atoms with E-state index >= 15 is 0 Å². The van der Waals surface area contributed by atoms with Crippen LogP contribution < -0.4 is 10.1 Å². The van der Waals surface area contributed by atoms with E-state index in [4.69, 9.17) is 4.74 Å². The van der Waals surface area contributed by atoms with Gasteiger partial charge >= 0.3 is 0 Å². The van der Waals surface area contributed by atoms with Gasteiger partial charge in [0.15, 0.2) is 6.61 Å². The lowest BCUT2D eigenvalue weighted by Crippen LogP contribution is -2.31. The Labute approximate surface area is 159 Å². The van der Waals surface area contributed by atoms with Crippen molar-refractivity contribution in [2.75, 3.05) is 13.2 Å². The number of amides is 1. The van der Waals surface area contributed by atoms with Gasteiger partial charge in [-0.25, -0.2) is 0 Å². The van der Waals surface area contributed by atoms with Crippen LogP contribution in [0.2, 0.25) is 0 Å². The second kappa shape index (κ2) is 8.98. The van der Waals surface area contributed by atoms with Gasteiger partial charge in [0.1, 0.15) is 5.75 Å². The molecular weight excluding hydrogens is 340 g/mol. The number of rotatable bonds is 8. The van der Waals surface area contributed by atoms with Crippen molar-refractivity contribution in [1.29, 1.82) is 0 Å². The van der Waals surface area contributed by atoms with Gasteiger partial charge < -0.3 is 10.1 Å². The molecule has 3 aromatic rings. The van der Waals surface area contributed by atoms with E-state index in [0.717, 1.165) is 11.3 Å². The van der Waals surface area contributed by atoms with E-state index < -0.39 is 0 Å². The number of nitrogens with zero attached hydrogens (tertiary/aromatic N) is 3. The maximum Gasteiger partial charge on any atom is 0.258 e. The number of carbonyl (C=O) groups excluding carboxylic acids is 1. The summed E-state index contributed by atoms with van der Waals surface area (Å²) in [6.07, 6.45) is 5.38. The summed E-state index contributed by atoms with van der Waals surface area (Å²) in [4.78, 5) is 15.9. The third-order valence-corrected chi connectivity index (χ3v) is 4.20. The number of nitrogens with one attached hydrogen (secondary N) is 1. The Bertz CT molecular complexity index is 857. The highest BCUT2D eigenvalue weighted by Gasteiger charge is 2.05. The fourth-order valence-electron chi connectivity index (χ4n) is 2.62. The van der Waals surface area contributed by atoms with Crippen LogP contribution in [0.3, 0.4) is 0 Å². The second-order valence-electron chi connectivity index (χ2n) is 6.56. The number of ether oxygens (including phenoxy) is 1. The van der Waals surface area contributed by atoms with Crippen molar-refractivity contribution >= 4 is 5.91 Å². The standard InChI is InChI=1S/C21H24N4O2/c1-16(2)17-3-5-19(6-4-17)27-15-21(26)23-12-14-25-13-9-20(24-25)18-7-10-22-11-8-18/h3-11,13,16H,12,14-15H2,1-2H3,(H,23,26). The monoisotopic (exact) mass is 364 g/mol. The molecule has 0 radical (unpaired) electrons. The van der Waals surface area contributed by atoms with Crippen molar-refractivity contribution in [3.05, 3.63) is 66.6 Å². The summed E-state index contributed by atoms with van der Waals surface area (Å²) in [6.45, 7) is 5.38. The third kappa shape index (κ3) is 5.41. The zero-order valence-corrected chi connectivity index (χ0v) is 15.6. The molecule has 1 N–H and O–H groups in total. The summed E-state index contributed by atoms with van der Waals surface area (Å²) >= 11 is 0. The molecule has 0 bridgehead atoms. The highest BCUT2D eigenvalue weighted by molar-refractivity contribution is 5.77. The summed E-state index contributed by atoms with van der Waals surface area (Å²) in [6, 6.07) is 13.6. The number of carbonyl (C=O) groups is 1. The van der Waals surface area contributed by atoms with E-state index in [-0.39, 0.29) is 12.5 Å². The van der Waals surface area contributed by atoms with Crippen molar-refractivity contribution in [3.8, 4) is 17.0 Å². The van der Waals surface area contributed by atoms with Gasteiger partial charge in [0, 0.05) is 30.7 Å². The summed E-state index contributed by atoms with van der Waals surface area (Å²) < 4.78 is 7.33. The van der Waals surface area contributed by atoms with Gasteiger partial charge in [0.2, 0.25) is 0 Å². The summed E-state index contributed by atoms with van der Waals surface area (Å²) in [5, 5.41) is 7.34. The molecule has 0 atom stereocenters. The lowest BCUT2D eigenvalue weighted by molar-refractivity contribution is -0.123. The number of pyridine rings is 1. The first-order valence-electron chi connectivity index (χ1n) is 9.05. The predicted molar refractivity (Wildman–Crippen MR) is 104 cm³/mol. The first-order chi connectivity index (χ1) is 13.1. The molecule has 2 heterocycles. The van der Waals surface area contributed by atoms with Crippen LogP contribution in [0.25, 0.3) is 11.3 Å². The summed E-state index contributed by atoms with van der Waals surface area (Å²) in [5.41, 5.74) is 3.15. The third-order valence-electron chi connectivity index (χ3n) is 4.20. The van der Waals surface area contributed by atoms with E-state index in [1.807, 2.05) is 53.3 Å². The maximum atomic E-state index is 11.9. The molecule has 2 aromatic heterocycles. The SMILES string of the molecule is CC(C)c1ccc(OCC(=O)NCCn2ccc(-c3ccncc3)n2)cc1. The van der Waals surface area contributed by atoms with Crippen LogP contribution in [0.5, 0.6) is 5.75 Å². The first-order valence-corrected chi connectivity index (χ1v) is 9.05. The van der Waals surface area contributed by atoms with Gasteiger partial charge in [-0.2, -0.15) is 5.10 Å². The zero-order chi connectivity index (χ0) is 19.1. The average molecular weight is 364 g/mol. The minimum atomic E-state index is -0.149. The molecule has 0 aliphatic heterocycles. The molecule has 0 spiro atoms. The molecule has 27 heavy (non-hydrogen) atoms. The minimum Gasteiger partial charge on any atom is -0.484 e. The Morgan fingerprint density at radius 3 is 2.56 bits per heavy atom. The van der Waals surface area contributed by atoms with Crippen LogP contribution in [-0.4, -0.2) is 33.8 Å². The Morgan fingerprint density at radius 1 is 1.11 bits per heavy atom. The van der Waals surface area contributed by atoms with Gasteiger partial charge in [0.05, 0.1) is 12.2 Å². The van der Waals surface area contributed by atoms with Gasteiger partial charge in [-0.05, 0) is 41.8 Å². The largest absolute Gasteiger partial charge is 0.484 e. The topological polar surface area (TPSA) is 69.0 Å². The molecule has 6 nitrogen and oxygen atoms in total. The van der Waals surface area contributed by atoms with E-state index in [1.165, 1.54) is 5.56 Å². The number of hydrogen-bond acceptors (Lipinski definition) is 4. The van der Waals surface area contributed by atoms with Crippen molar-refractivity contribution in [2.45, 2.75) is 26.3 Å². The molecule has 0 aliphatic rings. The lowest BCUT2D eigenvalue weighted by atomic mass is 10.0. The molecule has 0 saturated carbocycles. The number of aromatic nitrogens is 3. The molecule has 140 valence electrons. The normalized spacial score (nSPS) is 10.8. The van der Waals surface area contributed by atoms with Crippen LogP contribution in [0.15, 0.2) is 61.1 Å². The zero-order valence-electron chi connectivity index (χ0n) is 15.6. The van der Waals surface area contributed by atoms with Crippen molar-refractivity contribution < 1.29 is 9.53 Å². The summed E-state index contributed by atoms with van der Waals surface area (Å²) in [7, 11) is 0. The Hall–Kier alpha value is -3.15. The van der Waals surface area contributed by atoms with Crippen molar-refractivity contribution in [3.63, 3.8) is 0 Å². The molecular formula is C21H24N4O2. The van der Waals surface area contributed by atoms with E-state index in [0.29, 0.717) is 24.8 Å². The van der Waals surface area contributed by atoms with Crippen LogP contribution in [0.4, 0.5) is 0 Å². The molecule has 0 unspecified atom stereocenters. The van der Waals surface area contributed by atoms with E-state index in [2.05, 4.69) is 29.2 Å². The van der Waals surface area contributed by atoms with Crippen LogP contribution in [-0.2, 0) is 11.3 Å². The summed E-state index contributed by atoms with van der Waals surface area (Å²) in [5.74, 6) is 1.02. The molecule has 0 aliphatic carbocycles. The van der Waals surface area contributed by atoms with Crippen LogP contribution >= 0.6 is 0 Å². The van der Waals surface area contributed by atoms with Gasteiger partial charge in [0.25, 0.3) is 5.91 Å². The molecule has 1 amide bonds. The highest BCUT2D eigenvalue weighted by atomic mass is 16.5.